The van der Waals surface area contributed by atoms with E-state index in [-0.39, 0.29) is 0 Å². The maximum atomic E-state index is 5.70. The Balaban J connectivity index is 2.41. The van der Waals surface area contributed by atoms with E-state index in [9.17, 15) is 0 Å². The topological polar surface area (TPSA) is 21.3 Å². The van der Waals surface area contributed by atoms with Gasteiger partial charge in [-0.05, 0) is 37.0 Å². The first kappa shape index (κ1) is 11.3. The van der Waals surface area contributed by atoms with Crippen LogP contribution in [0.1, 0.15) is 44.7 Å². The van der Waals surface area contributed by atoms with Gasteiger partial charge in [0.1, 0.15) is 5.75 Å². The zero-order valence-electron chi connectivity index (χ0n) is 10.6. The highest BCUT2D eigenvalue weighted by atomic mass is 16.5. The highest BCUT2D eigenvalue weighted by molar-refractivity contribution is 5.64. The highest BCUT2D eigenvalue weighted by Gasteiger charge is 2.19. The van der Waals surface area contributed by atoms with Gasteiger partial charge >= 0.3 is 0 Å². The van der Waals surface area contributed by atoms with Gasteiger partial charge in [-0.15, -0.1) is 0 Å². The fourth-order valence-corrected chi connectivity index (χ4v) is 2.08. The first-order valence-corrected chi connectivity index (χ1v) is 6.14. The van der Waals surface area contributed by atoms with Crippen LogP contribution in [0, 0.1) is 0 Å². The van der Waals surface area contributed by atoms with E-state index in [1.807, 2.05) is 0 Å². The van der Waals surface area contributed by atoms with Crippen LogP contribution in [0.2, 0.25) is 0 Å². The molecule has 1 heterocycles. The SMILES string of the molecule is CC(C)Nc1cc(C(C)C)cc2c1OCC2. The third-order valence-electron chi connectivity index (χ3n) is 2.92. The van der Waals surface area contributed by atoms with Crippen molar-refractivity contribution in [3.05, 3.63) is 23.3 Å². The zero-order chi connectivity index (χ0) is 11.7. The van der Waals surface area contributed by atoms with Crippen molar-refractivity contribution in [3.63, 3.8) is 0 Å². The van der Waals surface area contributed by atoms with E-state index >= 15 is 0 Å². The van der Waals surface area contributed by atoms with E-state index in [4.69, 9.17) is 4.74 Å². The molecule has 1 aliphatic rings. The summed E-state index contributed by atoms with van der Waals surface area (Å²) < 4.78 is 5.70. The maximum Gasteiger partial charge on any atom is 0.145 e. The molecule has 2 rings (SSSR count). The van der Waals surface area contributed by atoms with Crippen molar-refractivity contribution < 1.29 is 4.74 Å². The molecule has 1 aliphatic heterocycles. The first-order valence-electron chi connectivity index (χ1n) is 6.14. The summed E-state index contributed by atoms with van der Waals surface area (Å²) in [5, 5.41) is 3.48. The Labute approximate surface area is 98.0 Å². The van der Waals surface area contributed by atoms with E-state index < -0.39 is 0 Å². The van der Waals surface area contributed by atoms with Crippen molar-refractivity contribution in [1.82, 2.24) is 0 Å². The number of nitrogens with one attached hydrogen (secondary N) is 1. The van der Waals surface area contributed by atoms with Gasteiger partial charge in [-0.2, -0.15) is 0 Å². The first-order chi connectivity index (χ1) is 7.58. The second kappa shape index (κ2) is 4.36. The van der Waals surface area contributed by atoms with Gasteiger partial charge in [0.2, 0.25) is 0 Å². The van der Waals surface area contributed by atoms with E-state index in [1.165, 1.54) is 11.1 Å². The lowest BCUT2D eigenvalue weighted by atomic mass is 9.98. The van der Waals surface area contributed by atoms with E-state index in [1.54, 1.807) is 0 Å². The molecule has 0 aromatic heterocycles. The summed E-state index contributed by atoms with van der Waals surface area (Å²) in [6, 6.07) is 4.96. The Morgan fingerprint density at radius 3 is 2.56 bits per heavy atom. The summed E-state index contributed by atoms with van der Waals surface area (Å²) in [5.74, 6) is 1.64. The lowest BCUT2D eigenvalue weighted by molar-refractivity contribution is 0.358. The van der Waals surface area contributed by atoms with Gasteiger partial charge < -0.3 is 10.1 Å². The van der Waals surface area contributed by atoms with Crippen LogP contribution in [0.5, 0.6) is 5.75 Å². The molecule has 0 spiro atoms. The lowest BCUT2D eigenvalue weighted by Gasteiger charge is -2.16. The molecule has 0 radical (unpaired) electrons. The fourth-order valence-electron chi connectivity index (χ4n) is 2.08. The van der Waals surface area contributed by atoms with Crippen LogP contribution in [0.25, 0.3) is 0 Å². The standard InChI is InChI=1S/C14H21NO/c1-9(2)12-7-11-5-6-16-14(11)13(8-12)15-10(3)4/h7-10,15H,5-6H2,1-4H3. The molecule has 0 aliphatic carbocycles. The molecule has 1 N–H and O–H groups in total. The Hall–Kier alpha value is -1.18. The smallest absolute Gasteiger partial charge is 0.145 e. The van der Waals surface area contributed by atoms with Crippen molar-refractivity contribution in [3.8, 4) is 5.75 Å². The predicted molar refractivity (Wildman–Crippen MR) is 68.5 cm³/mol. The van der Waals surface area contributed by atoms with Crippen molar-refractivity contribution in [2.45, 2.75) is 46.1 Å². The highest BCUT2D eigenvalue weighted by Crippen LogP contribution is 2.37. The second-order valence-corrected chi connectivity index (χ2v) is 5.11. The molecule has 1 aromatic carbocycles. The molecule has 0 fully saturated rings. The van der Waals surface area contributed by atoms with Crippen molar-refractivity contribution in [2.24, 2.45) is 0 Å². The summed E-state index contributed by atoms with van der Waals surface area (Å²) in [5.41, 5.74) is 3.91. The quantitative estimate of drug-likeness (QED) is 0.839. The number of hydrogen-bond acceptors (Lipinski definition) is 2. The molecule has 1 aromatic rings. The maximum absolute atomic E-state index is 5.70. The summed E-state index contributed by atoms with van der Waals surface area (Å²) in [6.07, 6.45) is 1.04. The molecular weight excluding hydrogens is 198 g/mol. The molecule has 2 heteroatoms. The predicted octanol–water partition coefficient (Wildman–Crippen LogP) is 3.57. The Morgan fingerprint density at radius 1 is 1.19 bits per heavy atom. The second-order valence-electron chi connectivity index (χ2n) is 5.11. The number of hydrogen-bond donors (Lipinski definition) is 1. The van der Waals surface area contributed by atoms with E-state index in [0.29, 0.717) is 12.0 Å². The van der Waals surface area contributed by atoms with Gasteiger partial charge in [0.05, 0.1) is 12.3 Å². The van der Waals surface area contributed by atoms with Gasteiger partial charge in [0, 0.05) is 12.5 Å². The Kier molecular flexibility index (Phi) is 3.08. The molecule has 0 amide bonds. The van der Waals surface area contributed by atoms with Crippen LogP contribution in [-0.2, 0) is 6.42 Å². The zero-order valence-corrected chi connectivity index (χ0v) is 10.6. The molecular formula is C14H21NO. The third kappa shape index (κ3) is 2.16. The monoisotopic (exact) mass is 219 g/mol. The lowest BCUT2D eigenvalue weighted by Crippen LogP contribution is -2.11. The molecule has 16 heavy (non-hydrogen) atoms. The summed E-state index contributed by atoms with van der Waals surface area (Å²) in [4.78, 5) is 0. The number of rotatable bonds is 3. The van der Waals surface area contributed by atoms with Crippen LogP contribution >= 0.6 is 0 Å². The van der Waals surface area contributed by atoms with E-state index in [0.717, 1.165) is 24.5 Å². The summed E-state index contributed by atoms with van der Waals surface area (Å²) in [7, 11) is 0. The molecule has 88 valence electrons. The summed E-state index contributed by atoms with van der Waals surface area (Å²) >= 11 is 0. The number of anilines is 1. The Morgan fingerprint density at radius 2 is 1.94 bits per heavy atom. The molecule has 0 unspecified atom stereocenters. The summed E-state index contributed by atoms with van der Waals surface area (Å²) in [6.45, 7) is 9.60. The number of ether oxygens (including phenoxy) is 1. The molecule has 2 nitrogen and oxygen atoms in total. The van der Waals surface area contributed by atoms with Gasteiger partial charge in [0.25, 0.3) is 0 Å². The minimum absolute atomic E-state index is 0.440. The molecule has 0 atom stereocenters. The number of fused-ring (bicyclic) bond motifs is 1. The van der Waals surface area contributed by atoms with Gasteiger partial charge in [-0.1, -0.05) is 19.9 Å². The third-order valence-corrected chi connectivity index (χ3v) is 2.92. The van der Waals surface area contributed by atoms with Crippen molar-refractivity contribution in [2.75, 3.05) is 11.9 Å². The van der Waals surface area contributed by atoms with Gasteiger partial charge in [0.15, 0.2) is 0 Å². The van der Waals surface area contributed by atoms with Crippen LogP contribution in [0.3, 0.4) is 0 Å². The van der Waals surface area contributed by atoms with Crippen molar-refractivity contribution >= 4 is 5.69 Å². The molecule has 0 saturated heterocycles. The van der Waals surface area contributed by atoms with Crippen LogP contribution in [0.4, 0.5) is 5.69 Å². The van der Waals surface area contributed by atoms with Gasteiger partial charge in [-0.25, -0.2) is 0 Å². The minimum Gasteiger partial charge on any atom is -0.491 e. The molecule has 0 saturated carbocycles. The minimum atomic E-state index is 0.440. The van der Waals surface area contributed by atoms with Crippen LogP contribution in [0.15, 0.2) is 12.1 Å². The van der Waals surface area contributed by atoms with Gasteiger partial charge in [-0.3, -0.25) is 0 Å². The van der Waals surface area contributed by atoms with Crippen LogP contribution in [-0.4, -0.2) is 12.6 Å². The van der Waals surface area contributed by atoms with Crippen LogP contribution < -0.4 is 10.1 Å². The average Bonchev–Trinajstić information content (AvgIpc) is 2.64. The average molecular weight is 219 g/mol. The fraction of sp³-hybridized carbons (Fsp3) is 0.571. The van der Waals surface area contributed by atoms with E-state index in [2.05, 4.69) is 45.1 Å². The number of benzene rings is 1. The van der Waals surface area contributed by atoms with Crippen molar-refractivity contribution in [1.29, 1.82) is 0 Å². The molecule has 0 bridgehead atoms. The normalized spacial score (nSPS) is 14.1. The Bertz CT molecular complexity index is 383. The largest absolute Gasteiger partial charge is 0.491 e.